The average Bonchev–Trinajstić information content (AvgIpc) is 1.91. The van der Waals surface area contributed by atoms with Crippen molar-refractivity contribution in [2.24, 2.45) is 0 Å². The maximum absolute atomic E-state index is 9.75. The van der Waals surface area contributed by atoms with Crippen molar-refractivity contribution in [1.82, 2.24) is 0 Å². The zero-order chi connectivity index (χ0) is 18.7. The number of hydrogen-bond donors (Lipinski definition) is 1. The van der Waals surface area contributed by atoms with Crippen LogP contribution in [0, 0.1) is 0 Å². The van der Waals surface area contributed by atoms with Gasteiger partial charge in [0.05, 0.1) is 5.41 Å². The summed E-state index contributed by atoms with van der Waals surface area (Å²) in [5, 5.41) is 0.465. The summed E-state index contributed by atoms with van der Waals surface area (Å²) in [7, 11) is -21.9. The summed E-state index contributed by atoms with van der Waals surface area (Å²) < 4.78 is 144. The fourth-order valence-corrected chi connectivity index (χ4v) is 0. The molecule has 0 atom stereocenters. The molecule has 0 bridgehead atoms. The first-order valence-corrected chi connectivity index (χ1v) is 5.28. The van der Waals surface area contributed by atoms with Gasteiger partial charge in [-0.1, -0.05) is 6.58 Å². The van der Waals surface area contributed by atoms with Crippen molar-refractivity contribution < 1.29 is 64.8 Å². The Labute approximate surface area is 128 Å². The summed E-state index contributed by atoms with van der Waals surface area (Å²) in [5.41, 5.74) is 0. The van der Waals surface area contributed by atoms with Crippen LogP contribution in [0.4, 0.5) is 51.8 Å². The van der Waals surface area contributed by atoms with Gasteiger partial charge in [0.25, 0.3) is 10.1 Å². The van der Waals surface area contributed by atoms with E-state index in [1.807, 2.05) is 0 Å². The van der Waals surface area contributed by atoms with Crippen LogP contribution in [0.3, 0.4) is 0 Å². The molecule has 20 heteroatoms. The molecule has 0 radical (unpaired) electrons. The molecule has 0 aromatic rings. The van der Waals surface area contributed by atoms with Crippen LogP contribution in [0.1, 0.15) is 0 Å². The second kappa shape index (κ2) is 13.1. The molecule has 0 aromatic heterocycles. The Bertz CT molecular complexity index is 301. The van der Waals surface area contributed by atoms with Crippen LogP contribution < -0.4 is 0 Å². The molecule has 0 unspecified atom stereocenters. The van der Waals surface area contributed by atoms with Crippen LogP contribution in [0.25, 0.3) is 0 Å². The quantitative estimate of drug-likeness (QED) is 0.434. The normalized spacial score (nSPS) is 11.1. The van der Waals surface area contributed by atoms with E-state index >= 15 is 0 Å². The number of halogens is 12. The SMILES string of the molecule is C=CS(=O)(=O)O.F[B-](F)(F)F.F[B-](F)(F)F.F[B-](F)(F)F.[LiH]. The summed E-state index contributed by atoms with van der Waals surface area (Å²) in [6.07, 6.45) is 0. The Balaban J connectivity index is -0.0000000577. The standard InChI is InChI=1S/C2H4O3S.3BF4.Li.H/c1-2-6(3,4)5;3*2-1(3,4)5;;/h2H,1H2,(H,3,4,5);;;;;/q;3*-1;;. The van der Waals surface area contributed by atoms with Gasteiger partial charge in [-0.3, -0.25) is 4.55 Å². The van der Waals surface area contributed by atoms with Gasteiger partial charge in [0.2, 0.25) is 0 Å². The van der Waals surface area contributed by atoms with Crippen molar-refractivity contribution in [2.75, 3.05) is 0 Å². The zero-order valence-corrected chi connectivity index (χ0v) is 10.0. The van der Waals surface area contributed by atoms with Gasteiger partial charge in [-0.15, -0.1) is 0 Å². The predicted octanol–water partition coefficient (Wildman–Crippen LogP) is 3.27. The van der Waals surface area contributed by atoms with E-state index in [2.05, 4.69) is 6.58 Å². The van der Waals surface area contributed by atoms with E-state index in [4.69, 9.17) is 4.55 Å². The third-order valence-corrected chi connectivity index (χ3v) is 0.632. The third-order valence-electron chi connectivity index (χ3n) is 0.211. The monoisotopic (exact) mass is 377 g/mol. The average molecular weight is 376 g/mol. The Morgan fingerprint density at radius 3 is 0.727 bits per heavy atom. The topological polar surface area (TPSA) is 54.4 Å². The Hall–Kier alpha value is -0.398. The van der Waals surface area contributed by atoms with Gasteiger partial charge in [0.15, 0.2) is 0 Å². The van der Waals surface area contributed by atoms with E-state index in [1.54, 1.807) is 0 Å². The number of hydrogen-bond acceptors (Lipinski definition) is 2. The summed E-state index contributed by atoms with van der Waals surface area (Å²) >= 11 is 0. The third kappa shape index (κ3) is 1000. The molecule has 0 saturated heterocycles. The first-order chi connectivity index (χ1) is 8.56. The molecule has 22 heavy (non-hydrogen) atoms. The van der Waals surface area contributed by atoms with Crippen LogP contribution in [0.15, 0.2) is 12.0 Å². The molecule has 1 N–H and O–H groups in total. The van der Waals surface area contributed by atoms with Crippen LogP contribution in [0.5, 0.6) is 0 Å². The molecule has 0 rings (SSSR count). The molecule has 0 aliphatic rings. The van der Waals surface area contributed by atoms with Crippen molar-refractivity contribution in [3.05, 3.63) is 12.0 Å². The van der Waals surface area contributed by atoms with Crippen LogP contribution >= 0.6 is 0 Å². The van der Waals surface area contributed by atoms with Crippen LogP contribution in [-0.2, 0) is 10.1 Å². The van der Waals surface area contributed by atoms with Gasteiger partial charge >= 0.3 is 40.6 Å². The molecule has 0 saturated carbocycles. The molecule has 0 fully saturated rings. The molecular weight excluding hydrogens is 371 g/mol. The Morgan fingerprint density at radius 1 is 0.682 bits per heavy atom. The van der Waals surface area contributed by atoms with Crippen molar-refractivity contribution in [2.45, 2.75) is 0 Å². The van der Waals surface area contributed by atoms with Crippen molar-refractivity contribution in [3.63, 3.8) is 0 Å². The molecule has 3 nitrogen and oxygen atoms in total. The van der Waals surface area contributed by atoms with Gasteiger partial charge in [-0.25, -0.2) is 0 Å². The summed E-state index contributed by atoms with van der Waals surface area (Å²) in [6.45, 7) is 2.79. The first kappa shape index (κ1) is 33.3. The first-order valence-electron chi connectivity index (χ1n) is 3.78. The molecule has 0 spiro atoms. The molecule has 0 aliphatic heterocycles. The summed E-state index contributed by atoms with van der Waals surface area (Å²) in [6, 6.07) is 0. The second-order valence-electron chi connectivity index (χ2n) is 2.17. The van der Waals surface area contributed by atoms with Gasteiger partial charge in [-0.05, 0) is 0 Å². The van der Waals surface area contributed by atoms with E-state index in [0.717, 1.165) is 0 Å². The zero-order valence-electron chi connectivity index (χ0n) is 9.22. The fraction of sp³-hybridized carbons (Fsp3) is 0. The number of rotatable bonds is 1. The van der Waals surface area contributed by atoms with E-state index in [1.165, 1.54) is 0 Å². The molecule has 0 aliphatic carbocycles. The Morgan fingerprint density at radius 2 is 0.727 bits per heavy atom. The molecule has 0 heterocycles. The minimum atomic E-state index is -6.00. The van der Waals surface area contributed by atoms with Crippen molar-refractivity contribution >= 4 is 50.7 Å². The Kier molecular flexibility index (Phi) is 19.8. The minimum absolute atomic E-state index is 0. The van der Waals surface area contributed by atoms with Crippen LogP contribution in [-0.4, -0.2) is 53.6 Å². The van der Waals surface area contributed by atoms with E-state index < -0.39 is 31.9 Å². The molecule has 0 aromatic carbocycles. The van der Waals surface area contributed by atoms with Crippen molar-refractivity contribution in [3.8, 4) is 0 Å². The predicted molar refractivity (Wildman–Crippen MR) is 59.5 cm³/mol. The van der Waals surface area contributed by atoms with E-state index in [9.17, 15) is 60.2 Å². The maximum atomic E-state index is 9.75. The van der Waals surface area contributed by atoms with Gasteiger partial charge in [-0.2, -0.15) is 8.42 Å². The molecular formula is C2H5B3F12LiO3S-3. The molecule has 0 amide bonds. The van der Waals surface area contributed by atoms with Crippen molar-refractivity contribution in [1.29, 1.82) is 0 Å². The van der Waals surface area contributed by atoms with E-state index in [0.29, 0.717) is 5.41 Å². The van der Waals surface area contributed by atoms with Gasteiger partial charge < -0.3 is 51.8 Å². The van der Waals surface area contributed by atoms with E-state index in [-0.39, 0.29) is 18.9 Å². The van der Waals surface area contributed by atoms with Gasteiger partial charge in [0, 0.05) is 0 Å². The van der Waals surface area contributed by atoms with Crippen LogP contribution in [0.2, 0.25) is 0 Å². The fourth-order valence-electron chi connectivity index (χ4n) is 0. The van der Waals surface area contributed by atoms with Gasteiger partial charge in [0.1, 0.15) is 0 Å². The second-order valence-corrected chi connectivity index (χ2v) is 3.53. The summed E-state index contributed by atoms with van der Waals surface area (Å²) in [4.78, 5) is 0. The summed E-state index contributed by atoms with van der Waals surface area (Å²) in [5.74, 6) is 0. The molecule has 134 valence electrons.